The van der Waals surface area contributed by atoms with Crippen LogP contribution in [0.2, 0.25) is 0 Å². The fourth-order valence-electron chi connectivity index (χ4n) is 2.49. The minimum absolute atomic E-state index is 0.362. The maximum Gasteiger partial charge on any atom is 0.0751 e. The van der Waals surface area contributed by atoms with E-state index in [4.69, 9.17) is 0 Å². The molecule has 0 radical (unpaired) electrons. The third kappa shape index (κ3) is 2.41. The molecule has 2 aromatic heterocycles. The fraction of sp³-hybridized carbons (Fsp3) is 0.235. The Kier molecular flexibility index (Phi) is 3.70. The topological polar surface area (TPSA) is 24.9 Å². The highest BCUT2D eigenvalue weighted by atomic mass is 32.1. The van der Waals surface area contributed by atoms with E-state index >= 15 is 0 Å². The van der Waals surface area contributed by atoms with Gasteiger partial charge in [0.2, 0.25) is 0 Å². The molecule has 1 aromatic carbocycles. The molecule has 2 heterocycles. The number of anilines is 1. The number of benzene rings is 1. The van der Waals surface area contributed by atoms with Crippen LogP contribution >= 0.6 is 11.3 Å². The second-order valence-electron chi connectivity index (χ2n) is 4.95. The number of hydrogen-bond donors (Lipinski definition) is 1. The van der Waals surface area contributed by atoms with Crippen molar-refractivity contribution in [3.05, 3.63) is 58.4 Å². The van der Waals surface area contributed by atoms with Gasteiger partial charge in [-0.2, -0.15) is 0 Å². The van der Waals surface area contributed by atoms with Crippen molar-refractivity contribution in [1.29, 1.82) is 0 Å². The van der Waals surface area contributed by atoms with E-state index in [1.807, 2.05) is 12.3 Å². The molecule has 0 spiro atoms. The lowest BCUT2D eigenvalue weighted by Crippen LogP contribution is -2.08. The van der Waals surface area contributed by atoms with Gasteiger partial charge in [0.25, 0.3) is 0 Å². The highest BCUT2D eigenvalue weighted by Crippen LogP contribution is 2.30. The molecule has 102 valence electrons. The lowest BCUT2D eigenvalue weighted by molar-refractivity contribution is 0.765. The zero-order chi connectivity index (χ0) is 13.9. The number of fused-ring (bicyclic) bond motifs is 1. The first-order valence-corrected chi connectivity index (χ1v) is 7.82. The first-order valence-electron chi connectivity index (χ1n) is 6.94. The molecule has 20 heavy (non-hydrogen) atoms. The average Bonchev–Trinajstić information content (AvgIpc) is 3.01. The first kappa shape index (κ1) is 13.1. The largest absolute Gasteiger partial charge is 0.377 e. The predicted octanol–water partition coefficient (Wildman–Crippen LogP) is 5.17. The summed E-state index contributed by atoms with van der Waals surface area (Å²) < 4.78 is 0. The maximum atomic E-state index is 4.50. The molecule has 0 saturated heterocycles. The third-order valence-electron chi connectivity index (χ3n) is 3.60. The molecule has 1 unspecified atom stereocenters. The molecule has 1 atom stereocenters. The monoisotopic (exact) mass is 282 g/mol. The summed E-state index contributed by atoms with van der Waals surface area (Å²) in [5.41, 5.74) is 3.47. The van der Waals surface area contributed by atoms with E-state index in [-0.39, 0.29) is 0 Å². The number of hydrogen-bond acceptors (Lipinski definition) is 3. The van der Waals surface area contributed by atoms with E-state index in [0.29, 0.717) is 6.04 Å². The number of nitrogens with one attached hydrogen (secondary N) is 1. The average molecular weight is 282 g/mol. The summed E-state index contributed by atoms with van der Waals surface area (Å²) in [5.74, 6) is 0. The molecule has 0 saturated carbocycles. The quantitative estimate of drug-likeness (QED) is 0.714. The molecule has 2 nitrogen and oxygen atoms in total. The van der Waals surface area contributed by atoms with Crippen LogP contribution in [-0.4, -0.2) is 4.98 Å². The number of nitrogens with zero attached hydrogens (tertiary/aromatic N) is 1. The van der Waals surface area contributed by atoms with Crippen LogP contribution < -0.4 is 5.32 Å². The number of rotatable bonds is 4. The molecule has 0 aliphatic rings. The van der Waals surface area contributed by atoms with Gasteiger partial charge in [-0.05, 0) is 48.6 Å². The van der Waals surface area contributed by atoms with E-state index < -0.39 is 0 Å². The van der Waals surface area contributed by atoms with E-state index in [1.165, 1.54) is 21.5 Å². The summed E-state index contributed by atoms with van der Waals surface area (Å²) in [7, 11) is 0. The molecule has 0 fully saturated rings. The Balaban J connectivity index is 2.00. The predicted molar refractivity (Wildman–Crippen MR) is 87.5 cm³/mol. The molecular weight excluding hydrogens is 264 g/mol. The van der Waals surface area contributed by atoms with Crippen LogP contribution in [0.25, 0.3) is 10.9 Å². The molecule has 3 rings (SSSR count). The molecule has 3 heteroatoms. The summed E-state index contributed by atoms with van der Waals surface area (Å²) in [6.45, 7) is 4.32. The van der Waals surface area contributed by atoms with Gasteiger partial charge in [0.15, 0.2) is 0 Å². The van der Waals surface area contributed by atoms with Gasteiger partial charge in [-0.25, -0.2) is 0 Å². The van der Waals surface area contributed by atoms with E-state index in [0.717, 1.165) is 11.9 Å². The number of aryl methyl sites for hydroxylation is 1. The van der Waals surface area contributed by atoms with Gasteiger partial charge in [0, 0.05) is 22.1 Å². The SMILES string of the molecule is CCC(Nc1ccc(C)c2ncccc12)c1cccs1. The van der Waals surface area contributed by atoms with Crippen molar-refractivity contribution in [2.75, 3.05) is 5.32 Å². The Bertz CT molecular complexity index is 704. The van der Waals surface area contributed by atoms with Gasteiger partial charge in [0.05, 0.1) is 11.6 Å². The van der Waals surface area contributed by atoms with Crippen molar-refractivity contribution in [3.8, 4) is 0 Å². The van der Waals surface area contributed by atoms with Crippen molar-refractivity contribution in [1.82, 2.24) is 4.98 Å². The summed E-state index contributed by atoms with van der Waals surface area (Å²) >= 11 is 1.81. The summed E-state index contributed by atoms with van der Waals surface area (Å²) in [4.78, 5) is 5.88. The number of thiophene rings is 1. The molecule has 0 aliphatic heterocycles. The van der Waals surface area contributed by atoms with Crippen molar-refractivity contribution in [2.24, 2.45) is 0 Å². The zero-order valence-electron chi connectivity index (χ0n) is 11.8. The van der Waals surface area contributed by atoms with Crippen molar-refractivity contribution in [3.63, 3.8) is 0 Å². The summed E-state index contributed by atoms with van der Waals surface area (Å²) in [6.07, 6.45) is 2.92. The Morgan fingerprint density at radius 2 is 2.10 bits per heavy atom. The Morgan fingerprint density at radius 1 is 1.20 bits per heavy atom. The van der Waals surface area contributed by atoms with Crippen LogP contribution in [0.1, 0.15) is 29.8 Å². The van der Waals surface area contributed by atoms with Gasteiger partial charge in [-0.1, -0.05) is 19.1 Å². The van der Waals surface area contributed by atoms with Crippen molar-refractivity contribution < 1.29 is 0 Å². The van der Waals surface area contributed by atoms with Crippen LogP contribution in [0.3, 0.4) is 0 Å². The van der Waals surface area contributed by atoms with Gasteiger partial charge >= 0.3 is 0 Å². The van der Waals surface area contributed by atoms with Crippen LogP contribution in [-0.2, 0) is 0 Å². The van der Waals surface area contributed by atoms with Crippen LogP contribution in [0.5, 0.6) is 0 Å². The lowest BCUT2D eigenvalue weighted by atomic mass is 10.1. The maximum absolute atomic E-state index is 4.50. The highest BCUT2D eigenvalue weighted by Gasteiger charge is 2.12. The Labute approximate surface area is 123 Å². The number of pyridine rings is 1. The third-order valence-corrected chi connectivity index (χ3v) is 4.58. The first-order chi connectivity index (χ1) is 9.79. The van der Waals surface area contributed by atoms with Gasteiger partial charge in [-0.3, -0.25) is 4.98 Å². The van der Waals surface area contributed by atoms with Crippen molar-refractivity contribution >= 4 is 27.9 Å². The number of aromatic nitrogens is 1. The van der Waals surface area contributed by atoms with E-state index in [1.54, 1.807) is 11.3 Å². The van der Waals surface area contributed by atoms with Crippen molar-refractivity contribution in [2.45, 2.75) is 26.3 Å². The Hall–Kier alpha value is -1.87. The van der Waals surface area contributed by atoms with Crippen LogP contribution in [0.4, 0.5) is 5.69 Å². The van der Waals surface area contributed by atoms with Crippen LogP contribution in [0.15, 0.2) is 48.0 Å². The van der Waals surface area contributed by atoms with Gasteiger partial charge in [0.1, 0.15) is 0 Å². The van der Waals surface area contributed by atoms with Crippen LogP contribution in [0, 0.1) is 6.92 Å². The molecule has 0 aliphatic carbocycles. The molecule has 1 N–H and O–H groups in total. The lowest BCUT2D eigenvalue weighted by Gasteiger charge is -2.18. The summed E-state index contributed by atoms with van der Waals surface area (Å²) in [6, 6.07) is 13.1. The van der Waals surface area contributed by atoms with Gasteiger partial charge in [-0.15, -0.1) is 11.3 Å². The highest BCUT2D eigenvalue weighted by molar-refractivity contribution is 7.10. The van der Waals surface area contributed by atoms with Gasteiger partial charge < -0.3 is 5.32 Å². The van der Waals surface area contributed by atoms with E-state index in [9.17, 15) is 0 Å². The molecule has 3 aromatic rings. The smallest absolute Gasteiger partial charge is 0.0751 e. The Morgan fingerprint density at radius 3 is 2.85 bits per heavy atom. The molecular formula is C17H18N2S. The normalized spacial score (nSPS) is 12.5. The standard InChI is InChI=1S/C17H18N2S/c1-3-14(16-7-5-11-20-16)19-15-9-8-12(2)17-13(15)6-4-10-18-17/h4-11,14,19H,3H2,1-2H3. The minimum atomic E-state index is 0.362. The minimum Gasteiger partial charge on any atom is -0.377 e. The summed E-state index contributed by atoms with van der Waals surface area (Å²) in [5, 5.41) is 7.00. The van der Waals surface area contributed by atoms with E-state index in [2.05, 4.69) is 59.9 Å². The second-order valence-corrected chi connectivity index (χ2v) is 5.93. The molecule has 0 amide bonds. The fourth-order valence-corrected chi connectivity index (χ4v) is 3.35. The molecule has 0 bridgehead atoms. The second kappa shape index (κ2) is 5.63. The zero-order valence-corrected chi connectivity index (χ0v) is 12.6.